The van der Waals surface area contributed by atoms with E-state index in [1.807, 2.05) is 22.9 Å². The van der Waals surface area contributed by atoms with E-state index in [1.54, 1.807) is 16.2 Å². The molecule has 0 saturated carbocycles. The van der Waals surface area contributed by atoms with Crippen molar-refractivity contribution >= 4 is 38.8 Å². The van der Waals surface area contributed by atoms with Crippen LogP contribution in [0.5, 0.6) is 0 Å². The van der Waals surface area contributed by atoms with Crippen LogP contribution in [0.4, 0.5) is 0 Å². The van der Waals surface area contributed by atoms with Crippen molar-refractivity contribution in [3.05, 3.63) is 39.6 Å². The number of fused-ring (bicyclic) bond motifs is 1. The molecule has 0 unspecified atom stereocenters. The van der Waals surface area contributed by atoms with Gasteiger partial charge in [-0.1, -0.05) is 6.07 Å². The van der Waals surface area contributed by atoms with Crippen molar-refractivity contribution in [1.29, 1.82) is 0 Å². The average Bonchev–Trinajstić information content (AvgIpc) is 3.27. The van der Waals surface area contributed by atoms with Crippen LogP contribution in [0.3, 0.4) is 0 Å². The molecule has 1 amide bonds. The zero-order chi connectivity index (χ0) is 16.5. The van der Waals surface area contributed by atoms with Crippen molar-refractivity contribution < 1.29 is 4.79 Å². The maximum atomic E-state index is 12.9. The molecule has 0 radical (unpaired) electrons. The zero-order valence-electron chi connectivity index (χ0n) is 12.9. The molecule has 3 aromatic heterocycles. The first-order valence-corrected chi connectivity index (χ1v) is 9.49. The molecule has 1 saturated heterocycles. The Kier molecular flexibility index (Phi) is 4.17. The van der Waals surface area contributed by atoms with Crippen LogP contribution >= 0.6 is 22.7 Å². The number of nitrogens with one attached hydrogen (secondary N) is 1. The van der Waals surface area contributed by atoms with Gasteiger partial charge in [-0.05, 0) is 11.4 Å². The number of rotatable bonds is 3. The predicted molar refractivity (Wildman–Crippen MR) is 96.6 cm³/mol. The number of hydrogen-bond donors (Lipinski definition) is 1. The Labute approximate surface area is 146 Å². The Bertz CT molecular complexity index is 923. The number of aromatic nitrogens is 2. The van der Waals surface area contributed by atoms with E-state index < -0.39 is 0 Å². The third kappa shape index (κ3) is 2.77. The predicted octanol–water partition coefficient (Wildman–Crippen LogP) is 1.62. The molecule has 1 N–H and O–H groups in total. The summed E-state index contributed by atoms with van der Waals surface area (Å²) in [6, 6.07) is 3.96. The fourth-order valence-corrected chi connectivity index (χ4v) is 4.57. The van der Waals surface area contributed by atoms with E-state index in [4.69, 9.17) is 0 Å². The van der Waals surface area contributed by atoms with E-state index in [-0.39, 0.29) is 18.0 Å². The van der Waals surface area contributed by atoms with E-state index >= 15 is 0 Å². The number of thiophene rings is 2. The highest BCUT2D eigenvalue weighted by Gasteiger charge is 2.19. The number of carbonyl (C=O) groups excluding carboxylic acids is 1. The molecule has 4 heterocycles. The lowest BCUT2D eigenvalue weighted by Gasteiger charge is -2.27. The summed E-state index contributed by atoms with van der Waals surface area (Å²) in [6.07, 6.45) is 1.49. The number of carbonyl (C=O) groups is 1. The lowest BCUT2D eigenvalue weighted by atomic mass is 10.2. The third-order valence-corrected chi connectivity index (χ3v) is 5.91. The van der Waals surface area contributed by atoms with E-state index in [2.05, 4.69) is 10.3 Å². The molecule has 1 aliphatic heterocycles. The topological polar surface area (TPSA) is 67.2 Å². The second-order valence-electron chi connectivity index (χ2n) is 5.62. The molecular formula is C16H16N4O2S2. The highest BCUT2D eigenvalue weighted by atomic mass is 32.1. The third-order valence-electron chi connectivity index (χ3n) is 4.12. The van der Waals surface area contributed by atoms with E-state index in [0.717, 1.165) is 23.5 Å². The summed E-state index contributed by atoms with van der Waals surface area (Å²) in [6.45, 7) is 3.00. The summed E-state index contributed by atoms with van der Waals surface area (Å²) in [5.41, 5.74) is 0.764. The van der Waals surface area contributed by atoms with Crippen LogP contribution < -0.4 is 10.9 Å². The van der Waals surface area contributed by atoms with Crippen LogP contribution in [0.25, 0.3) is 20.7 Å². The molecule has 1 fully saturated rings. The van der Waals surface area contributed by atoms with Crippen molar-refractivity contribution in [3.8, 4) is 10.4 Å². The fourth-order valence-electron chi connectivity index (χ4n) is 2.85. The molecule has 124 valence electrons. The first-order chi connectivity index (χ1) is 11.7. The smallest absolute Gasteiger partial charge is 0.263 e. The Morgan fingerprint density at radius 1 is 1.29 bits per heavy atom. The van der Waals surface area contributed by atoms with Crippen molar-refractivity contribution in [2.75, 3.05) is 26.2 Å². The molecule has 1 aliphatic rings. The fraction of sp³-hybridized carbons (Fsp3) is 0.312. The Balaban J connectivity index is 1.69. The Morgan fingerprint density at radius 2 is 2.12 bits per heavy atom. The molecule has 0 aromatic carbocycles. The van der Waals surface area contributed by atoms with Crippen molar-refractivity contribution in [3.63, 3.8) is 0 Å². The normalized spacial score (nSPS) is 15.1. The van der Waals surface area contributed by atoms with Gasteiger partial charge in [0.2, 0.25) is 5.91 Å². The SMILES string of the molecule is O=C(Cn1cnc2scc(-c3cccs3)c2c1=O)N1CCNCC1. The van der Waals surface area contributed by atoms with Gasteiger partial charge in [-0.2, -0.15) is 0 Å². The van der Waals surface area contributed by atoms with Gasteiger partial charge in [0.1, 0.15) is 11.4 Å². The van der Waals surface area contributed by atoms with Crippen LogP contribution in [0.15, 0.2) is 34.0 Å². The second-order valence-corrected chi connectivity index (χ2v) is 7.42. The number of amides is 1. The molecule has 0 spiro atoms. The van der Waals surface area contributed by atoms with Gasteiger partial charge in [-0.15, -0.1) is 22.7 Å². The number of hydrogen-bond acceptors (Lipinski definition) is 6. The summed E-state index contributed by atoms with van der Waals surface area (Å²) in [4.78, 5) is 33.2. The lowest BCUT2D eigenvalue weighted by Crippen LogP contribution is -2.48. The molecule has 0 atom stereocenters. The summed E-state index contributed by atoms with van der Waals surface area (Å²) >= 11 is 3.06. The molecular weight excluding hydrogens is 344 g/mol. The monoisotopic (exact) mass is 360 g/mol. The van der Waals surface area contributed by atoms with Crippen LogP contribution in [0, 0.1) is 0 Å². The summed E-state index contributed by atoms with van der Waals surface area (Å²) in [5.74, 6) is -0.0346. The molecule has 8 heteroatoms. The zero-order valence-corrected chi connectivity index (χ0v) is 14.5. The Morgan fingerprint density at radius 3 is 2.88 bits per heavy atom. The summed E-state index contributed by atoms with van der Waals surface area (Å²) in [5, 5.41) is 7.78. The van der Waals surface area contributed by atoms with E-state index in [9.17, 15) is 9.59 Å². The van der Waals surface area contributed by atoms with Crippen LogP contribution in [-0.2, 0) is 11.3 Å². The minimum atomic E-state index is -0.145. The molecule has 3 aromatic rings. The van der Waals surface area contributed by atoms with Crippen LogP contribution in [-0.4, -0.2) is 46.5 Å². The summed E-state index contributed by atoms with van der Waals surface area (Å²) in [7, 11) is 0. The van der Waals surface area contributed by atoms with Gasteiger partial charge in [-0.3, -0.25) is 14.2 Å². The van der Waals surface area contributed by atoms with Gasteiger partial charge in [0.25, 0.3) is 5.56 Å². The molecule has 6 nitrogen and oxygen atoms in total. The average molecular weight is 360 g/mol. The van der Waals surface area contributed by atoms with E-state index in [0.29, 0.717) is 23.3 Å². The minimum absolute atomic E-state index is 0.0346. The van der Waals surface area contributed by atoms with Crippen molar-refractivity contribution in [1.82, 2.24) is 19.8 Å². The number of nitrogens with zero attached hydrogens (tertiary/aromatic N) is 3. The quantitative estimate of drug-likeness (QED) is 0.771. The van der Waals surface area contributed by atoms with Gasteiger partial charge in [0.15, 0.2) is 0 Å². The second kappa shape index (κ2) is 6.46. The van der Waals surface area contributed by atoms with Gasteiger partial charge < -0.3 is 10.2 Å². The van der Waals surface area contributed by atoms with E-state index in [1.165, 1.54) is 22.2 Å². The lowest BCUT2D eigenvalue weighted by molar-refractivity contribution is -0.132. The van der Waals surface area contributed by atoms with Gasteiger partial charge in [0, 0.05) is 42.0 Å². The van der Waals surface area contributed by atoms with Crippen molar-refractivity contribution in [2.45, 2.75) is 6.54 Å². The maximum Gasteiger partial charge on any atom is 0.263 e. The molecule has 24 heavy (non-hydrogen) atoms. The Hall–Kier alpha value is -2.03. The van der Waals surface area contributed by atoms with Crippen LogP contribution in [0.2, 0.25) is 0 Å². The van der Waals surface area contributed by atoms with Crippen molar-refractivity contribution in [2.24, 2.45) is 0 Å². The number of piperazine rings is 1. The standard InChI is InChI=1S/C16H16N4O2S2/c21-13(19-5-3-17-4-6-19)8-20-10-18-15-14(16(20)22)11(9-24-15)12-2-1-7-23-12/h1-2,7,9-10,17H,3-6,8H2. The molecule has 4 rings (SSSR count). The summed E-state index contributed by atoms with van der Waals surface area (Å²) < 4.78 is 1.43. The highest BCUT2D eigenvalue weighted by molar-refractivity contribution is 7.18. The maximum absolute atomic E-state index is 12.9. The largest absolute Gasteiger partial charge is 0.339 e. The first-order valence-electron chi connectivity index (χ1n) is 7.73. The van der Waals surface area contributed by atoms with Gasteiger partial charge in [-0.25, -0.2) is 4.98 Å². The van der Waals surface area contributed by atoms with Crippen LogP contribution in [0.1, 0.15) is 0 Å². The molecule has 0 aliphatic carbocycles. The minimum Gasteiger partial charge on any atom is -0.339 e. The van der Waals surface area contributed by atoms with Gasteiger partial charge >= 0.3 is 0 Å². The first kappa shape index (κ1) is 15.5. The molecule has 0 bridgehead atoms. The highest BCUT2D eigenvalue weighted by Crippen LogP contribution is 2.33. The van der Waals surface area contributed by atoms with Gasteiger partial charge in [0.05, 0.1) is 11.7 Å².